The molecule has 138 valence electrons. The lowest BCUT2D eigenvalue weighted by molar-refractivity contribution is 0.0378. The number of hydrogen-bond donors (Lipinski definition) is 1. The maximum atomic E-state index is 12.8. The van der Waals surface area contributed by atoms with Crippen LogP contribution in [0.1, 0.15) is 57.8 Å². The first kappa shape index (κ1) is 18.5. The smallest absolute Gasteiger partial charge is 0.341 e. The molecule has 0 unspecified atom stereocenters. The molecule has 3 rings (SSSR count). The number of thiophene rings is 1. The average Bonchev–Trinajstić information content (AvgIpc) is 2.98. The summed E-state index contributed by atoms with van der Waals surface area (Å²) in [4.78, 5) is 26.6. The van der Waals surface area contributed by atoms with E-state index in [0.717, 1.165) is 31.2 Å². The number of rotatable bonds is 5. The average molecular weight is 373 g/mol. The standard InChI is InChI=1S/C20H23NO4S/c1-12(2)25-20(23)17-14-9-5-7-11-16(14)26-19(17)21-18(22)13-8-4-6-10-15(13)24-3/h4,6,8,10,12H,5,7,9,11H2,1-3H3,(H,21,22). The van der Waals surface area contributed by atoms with Gasteiger partial charge in [0, 0.05) is 4.88 Å². The molecule has 0 spiro atoms. The number of amides is 1. The number of nitrogens with one attached hydrogen (secondary N) is 1. The van der Waals surface area contributed by atoms with E-state index in [0.29, 0.717) is 21.9 Å². The number of esters is 1. The molecule has 2 aromatic rings. The molecule has 1 N–H and O–H groups in total. The van der Waals surface area contributed by atoms with E-state index in [2.05, 4.69) is 5.32 Å². The van der Waals surface area contributed by atoms with Gasteiger partial charge in [-0.2, -0.15) is 0 Å². The van der Waals surface area contributed by atoms with Crippen LogP contribution in [0.25, 0.3) is 0 Å². The van der Waals surface area contributed by atoms with Gasteiger partial charge in [0.05, 0.1) is 24.3 Å². The Balaban J connectivity index is 1.95. The van der Waals surface area contributed by atoms with Gasteiger partial charge in [0.2, 0.25) is 0 Å². The Morgan fingerprint density at radius 3 is 2.62 bits per heavy atom. The van der Waals surface area contributed by atoms with Crippen molar-refractivity contribution in [2.45, 2.75) is 45.6 Å². The van der Waals surface area contributed by atoms with E-state index < -0.39 is 0 Å². The van der Waals surface area contributed by atoms with Crippen molar-refractivity contribution in [3.05, 3.63) is 45.8 Å². The van der Waals surface area contributed by atoms with Crippen LogP contribution in [0.3, 0.4) is 0 Å². The number of ether oxygens (including phenoxy) is 2. The highest BCUT2D eigenvalue weighted by Gasteiger charge is 2.28. The lowest BCUT2D eigenvalue weighted by atomic mass is 9.95. The molecule has 5 nitrogen and oxygen atoms in total. The van der Waals surface area contributed by atoms with E-state index in [1.165, 1.54) is 23.3 Å². The molecular formula is C20H23NO4S. The zero-order valence-electron chi connectivity index (χ0n) is 15.3. The van der Waals surface area contributed by atoms with E-state index in [9.17, 15) is 9.59 Å². The normalized spacial score (nSPS) is 13.2. The predicted molar refractivity (Wildman–Crippen MR) is 102 cm³/mol. The van der Waals surface area contributed by atoms with E-state index in [-0.39, 0.29) is 18.0 Å². The van der Waals surface area contributed by atoms with Crippen LogP contribution in [0.15, 0.2) is 24.3 Å². The summed E-state index contributed by atoms with van der Waals surface area (Å²) in [7, 11) is 1.53. The lowest BCUT2D eigenvalue weighted by Crippen LogP contribution is -2.18. The van der Waals surface area contributed by atoms with Crippen LogP contribution in [0.4, 0.5) is 5.00 Å². The van der Waals surface area contributed by atoms with Crippen molar-refractivity contribution >= 4 is 28.2 Å². The summed E-state index contributed by atoms with van der Waals surface area (Å²) in [6.45, 7) is 3.65. The van der Waals surface area contributed by atoms with Crippen LogP contribution >= 0.6 is 11.3 Å². The molecule has 0 aliphatic heterocycles. The maximum absolute atomic E-state index is 12.8. The fourth-order valence-corrected chi connectivity index (χ4v) is 4.42. The zero-order chi connectivity index (χ0) is 18.7. The molecule has 0 saturated carbocycles. The van der Waals surface area contributed by atoms with Gasteiger partial charge in [0.25, 0.3) is 5.91 Å². The molecule has 0 atom stereocenters. The van der Waals surface area contributed by atoms with Gasteiger partial charge in [0.15, 0.2) is 0 Å². The van der Waals surface area contributed by atoms with Crippen molar-refractivity contribution in [2.24, 2.45) is 0 Å². The maximum Gasteiger partial charge on any atom is 0.341 e. The molecule has 1 aromatic heterocycles. The van der Waals surface area contributed by atoms with Gasteiger partial charge >= 0.3 is 5.97 Å². The fourth-order valence-electron chi connectivity index (χ4n) is 3.15. The fraction of sp³-hybridized carbons (Fsp3) is 0.400. The van der Waals surface area contributed by atoms with Gasteiger partial charge in [-0.25, -0.2) is 4.79 Å². The second-order valence-electron chi connectivity index (χ2n) is 6.52. The van der Waals surface area contributed by atoms with Gasteiger partial charge in [-0.05, 0) is 57.2 Å². The van der Waals surface area contributed by atoms with Crippen LogP contribution in [0, 0.1) is 0 Å². The third-order valence-corrected chi connectivity index (χ3v) is 5.50. The number of benzene rings is 1. The predicted octanol–water partition coefficient (Wildman–Crippen LogP) is 4.45. The minimum absolute atomic E-state index is 0.209. The number of anilines is 1. The number of fused-ring (bicyclic) bond motifs is 1. The third-order valence-electron chi connectivity index (χ3n) is 4.30. The highest BCUT2D eigenvalue weighted by molar-refractivity contribution is 7.17. The Morgan fingerprint density at radius 1 is 1.15 bits per heavy atom. The van der Waals surface area contributed by atoms with Crippen molar-refractivity contribution in [1.82, 2.24) is 0 Å². The SMILES string of the molecule is COc1ccccc1C(=O)Nc1sc2c(c1C(=O)OC(C)C)CCCC2. The Kier molecular flexibility index (Phi) is 5.61. The van der Waals surface area contributed by atoms with Gasteiger partial charge in [0.1, 0.15) is 10.8 Å². The monoisotopic (exact) mass is 373 g/mol. The highest BCUT2D eigenvalue weighted by atomic mass is 32.1. The molecule has 1 aromatic carbocycles. The van der Waals surface area contributed by atoms with Crippen LogP contribution < -0.4 is 10.1 Å². The summed E-state index contributed by atoms with van der Waals surface area (Å²) in [5, 5.41) is 3.48. The molecule has 0 fully saturated rings. The number of para-hydroxylation sites is 1. The minimum atomic E-state index is -0.366. The summed E-state index contributed by atoms with van der Waals surface area (Å²) in [5.41, 5.74) is 1.98. The van der Waals surface area contributed by atoms with Crippen molar-refractivity contribution in [3.8, 4) is 5.75 Å². The van der Waals surface area contributed by atoms with Crippen molar-refractivity contribution in [3.63, 3.8) is 0 Å². The summed E-state index contributed by atoms with van der Waals surface area (Å²) < 4.78 is 10.7. The Morgan fingerprint density at radius 2 is 1.88 bits per heavy atom. The van der Waals surface area contributed by atoms with Crippen molar-refractivity contribution in [1.29, 1.82) is 0 Å². The minimum Gasteiger partial charge on any atom is -0.496 e. The van der Waals surface area contributed by atoms with E-state index in [4.69, 9.17) is 9.47 Å². The summed E-state index contributed by atoms with van der Waals surface area (Å²) in [5.74, 6) is -0.160. The molecular weight excluding hydrogens is 350 g/mol. The summed E-state index contributed by atoms with van der Waals surface area (Å²) in [6.07, 6.45) is 3.72. The number of carbonyl (C=O) groups excluding carboxylic acids is 2. The van der Waals surface area contributed by atoms with E-state index in [1.54, 1.807) is 18.2 Å². The number of carbonyl (C=O) groups is 2. The molecule has 26 heavy (non-hydrogen) atoms. The first-order valence-electron chi connectivity index (χ1n) is 8.81. The van der Waals surface area contributed by atoms with Crippen LogP contribution in [0.2, 0.25) is 0 Å². The summed E-state index contributed by atoms with van der Waals surface area (Å²) >= 11 is 1.48. The number of hydrogen-bond acceptors (Lipinski definition) is 5. The van der Waals surface area contributed by atoms with Crippen molar-refractivity contribution in [2.75, 3.05) is 12.4 Å². The third kappa shape index (κ3) is 3.75. The quantitative estimate of drug-likeness (QED) is 0.786. The van der Waals surface area contributed by atoms with Gasteiger partial charge in [-0.3, -0.25) is 4.79 Å². The first-order valence-corrected chi connectivity index (χ1v) is 9.62. The molecule has 0 saturated heterocycles. The lowest BCUT2D eigenvalue weighted by Gasteiger charge is -2.14. The molecule has 0 radical (unpaired) electrons. The topological polar surface area (TPSA) is 64.6 Å². The van der Waals surface area contributed by atoms with Crippen LogP contribution in [-0.2, 0) is 17.6 Å². The Labute approximate surface area is 157 Å². The Hall–Kier alpha value is -2.34. The zero-order valence-corrected chi connectivity index (χ0v) is 16.1. The summed E-state index contributed by atoms with van der Waals surface area (Å²) in [6, 6.07) is 7.03. The Bertz CT molecular complexity index is 825. The molecule has 0 bridgehead atoms. The highest BCUT2D eigenvalue weighted by Crippen LogP contribution is 2.39. The molecule has 1 amide bonds. The van der Waals surface area contributed by atoms with Crippen LogP contribution in [-0.4, -0.2) is 25.1 Å². The van der Waals surface area contributed by atoms with Crippen molar-refractivity contribution < 1.29 is 19.1 Å². The second-order valence-corrected chi connectivity index (χ2v) is 7.63. The molecule has 1 aliphatic carbocycles. The molecule has 1 heterocycles. The number of aryl methyl sites for hydroxylation is 1. The number of methoxy groups -OCH3 is 1. The first-order chi connectivity index (χ1) is 12.5. The molecule has 6 heteroatoms. The van der Waals surface area contributed by atoms with E-state index >= 15 is 0 Å². The van der Waals surface area contributed by atoms with Gasteiger partial charge < -0.3 is 14.8 Å². The van der Waals surface area contributed by atoms with Gasteiger partial charge in [-0.1, -0.05) is 12.1 Å². The largest absolute Gasteiger partial charge is 0.496 e. The van der Waals surface area contributed by atoms with Crippen LogP contribution in [0.5, 0.6) is 5.75 Å². The van der Waals surface area contributed by atoms with E-state index in [1.807, 2.05) is 19.9 Å². The molecule has 1 aliphatic rings. The van der Waals surface area contributed by atoms with Gasteiger partial charge in [-0.15, -0.1) is 11.3 Å². The second kappa shape index (κ2) is 7.91.